The Labute approximate surface area is 196 Å². The van der Waals surface area contributed by atoms with Crippen molar-refractivity contribution in [3.05, 3.63) is 94.8 Å². The maximum atomic E-state index is 12.8. The molecule has 2 N–H and O–H groups in total. The molecular formula is C24H21N3O4S2. The van der Waals surface area contributed by atoms with Crippen molar-refractivity contribution >= 4 is 33.0 Å². The molecule has 4 aromatic rings. The number of hydrogen-bond donors (Lipinski definition) is 2. The average molecular weight is 480 g/mol. The van der Waals surface area contributed by atoms with E-state index in [1.54, 1.807) is 30.3 Å². The Hall–Kier alpha value is -3.69. The summed E-state index contributed by atoms with van der Waals surface area (Å²) in [5.41, 5.74) is 2.49. The van der Waals surface area contributed by atoms with Gasteiger partial charge in [-0.1, -0.05) is 36.4 Å². The van der Waals surface area contributed by atoms with Gasteiger partial charge in [-0.3, -0.25) is 9.52 Å². The van der Waals surface area contributed by atoms with Crippen molar-refractivity contribution in [2.45, 2.75) is 11.4 Å². The molecule has 0 spiro atoms. The number of rotatable bonds is 8. The zero-order chi connectivity index (χ0) is 23.3. The van der Waals surface area contributed by atoms with E-state index in [-0.39, 0.29) is 22.9 Å². The van der Waals surface area contributed by atoms with Crippen LogP contribution in [0.25, 0.3) is 11.3 Å². The number of carbonyl (C=O) groups is 1. The maximum Gasteiger partial charge on any atom is 0.261 e. The molecule has 0 atom stereocenters. The maximum absolute atomic E-state index is 12.8. The smallest absolute Gasteiger partial charge is 0.261 e. The molecule has 1 amide bonds. The highest BCUT2D eigenvalue weighted by atomic mass is 32.2. The number of benzene rings is 3. The second-order valence-electron chi connectivity index (χ2n) is 7.04. The quantitative estimate of drug-likeness (QED) is 0.386. The van der Waals surface area contributed by atoms with Gasteiger partial charge in [0.25, 0.3) is 15.9 Å². The number of nitrogens with zero attached hydrogens (tertiary/aromatic N) is 1. The lowest BCUT2D eigenvalue weighted by Crippen LogP contribution is -2.23. The summed E-state index contributed by atoms with van der Waals surface area (Å²) in [6, 6.07) is 22.2. The van der Waals surface area contributed by atoms with Gasteiger partial charge in [0.2, 0.25) is 0 Å². The van der Waals surface area contributed by atoms with Gasteiger partial charge in [0.05, 0.1) is 24.2 Å². The van der Waals surface area contributed by atoms with Crippen LogP contribution in [0.5, 0.6) is 5.75 Å². The van der Waals surface area contributed by atoms with Crippen LogP contribution in [-0.2, 0) is 16.6 Å². The van der Waals surface area contributed by atoms with E-state index in [0.29, 0.717) is 11.4 Å². The van der Waals surface area contributed by atoms with Crippen molar-refractivity contribution in [3.63, 3.8) is 0 Å². The molecule has 168 valence electrons. The second-order valence-corrected chi connectivity index (χ2v) is 9.66. The predicted octanol–water partition coefficient (Wildman–Crippen LogP) is 4.55. The zero-order valence-electron chi connectivity index (χ0n) is 17.7. The highest BCUT2D eigenvalue weighted by molar-refractivity contribution is 7.92. The fourth-order valence-electron chi connectivity index (χ4n) is 3.07. The van der Waals surface area contributed by atoms with Gasteiger partial charge in [-0.05, 0) is 42.5 Å². The molecule has 0 saturated heterocycles. The van der Waals surface area contributed by atoms with Crippen molar-refractivity contribution in [1.82, 2.24) is 10.3 Å². The summed E-state index contributed by atoms with van der Waals surface area (Å²) in [6.07, 6.45) is 0. The topological polar surface area (TPSA) is 97.4 Å². The van der Waals surface area contributed by atoms with Gasteiger partial charge < -0.3 is 10.1 Å². The van der Waals surface area contributed by atoms with E-state index in [1.165, 1.54) is 36.6 Å². The molecule has 0 aliphatic carbocycles. The largest absolute Gasteiger partial charge is 0.497 e. The Bertz CT molecular complexity index is 1350. The van der Waals surface area contributed by atoms with Crippen LogP contribution in [0.2, 0.25) is 0 Å². The fourth-order valence-corrected chi connectivity index (χ4v) is 4.92. The van der Waals surface area contributed by atoms with Crippen LogP contribution in [0.4, 0.5) is 5.69 Å². The predicted molar refractivity (Wildman–Crippen MR) is 129 cm³/mol. The van der Waals surface area contributed by atoms with Gasteiger partial charge in [-0.25, -0.2) is 13.4 Å². The summed E-state index contributed by atoms with van der Waals surface area (Å²) >= 11 is 1.45. The number of carbonyl (C=O) groups excluding carboxylic acids is 1. The van der Waals surface area contributed by atoms with Gasteiger partial charge in [-0.2, -0.15) is 0 Å². The molecule has 7 nitrogen and oxygen atoms in total. The summed E-state index contributed by atoms with van der Waals surface area (Å²) in [4.78, 5) is 17.2. The summed E-state index contributed by atoms with van der Waals surface area (Å²) in [6.45, 7) is 0.247. The van der Waals surface area contributed by atoms with Crippen LogP contribution < -0.4 is 14.8 Å². The van der Waals surface area contributed by atoms with Crippen molar-refractivity contribution < 1.29 is 17.9 Å². The minimum atomic E-state index is -3.86. The Morgan fingerprint density at radius 2 is 1.76 bits per heavy atom. The first kappa shape index (κ1) is 22.5. The van der Waals surface area contributed by atoms with Crippen LogP contribution in [0.3, 0.4) is 0 Å². The van der Waals surface area contributed by atoms with Crippen LogP contribution in [0.15, 0.2) is 89.1 Å². The third-order valence-corrected chi connectivity index (χ3v) is 7.00. The number of thiazole rings is 1. The van der Waals surface area contributed by atoms with Crippen LogP contribution in [-0.4, -0.2) is 26.4 Å². The van der Waals surface area contributed by atoms with Gasteiger partial charge in [0.15, 0.2) is 0 Å². The molecule has 0 fully saturated rings. The van der Waals surface area contributed by atoms with Gasteiger partial charge >= 0.3 is 0 Å². The van der Waals surface area contributed by atoms with Crippen LogP contribution >= 0.6 is 11.3 Å². The van der Waals surface area contributed by atoms with E-state index in [1.807, 2.05) is 35.7 Å². The van der Waals surface area contributed by atoms with Crippen molar-refractivity contribution in [2.75, 3.05) is 11.8 Å². The summed E-state index contributed by atoms with van der Waals surface area (Å²) < 4.78 is 33.1. The first-order valence-electron chi connectivity index (χ1n) is 9.99. The van der Waals surface area contributed by atoms with Crippen LogP contribution in [0.1, 0.15) is 15.4 Å². The molecule has 9 heteroatoms. The van der Waals surface area contributed by atoms with Gasteiger partial charge in [-0.15, -0.1) is 11.3 Å². The van der Waals surface area contributed by atoms with Crippen molar-refractivity contribution in [3.8, 4) is 17.0 Å². The number of ether oxygens (including phenoxy) is 1. The van der Waals surface area contributed by atoms with E-state index in [0.717, 1.165) is 16.3 Å². The molecule has 33 heavy (non-hydrogen) atoms. The number of aromatic nitrogens is 1. The summed E-state index contributed by atoms with van der Waals surface area (Å²) in [5, 5.41) is 5.50. The standard InChI is InChI=1S/C24H21N3O4S2/c1-31-20-12-10-19(11-13-20)27-33(29,30)21-9-5-8-18(14-21)24(28)25-15-23-26-22(16-32-23)17-6-3-2-4-7-17/h2-14,16,27H,15H2,1H3,(H,25,28). The lowest BCUT2D eigenvalue weighted by atomic mass is 10.2. The first-order chi connectivity index (χ1) is 15.9. The molecule has 0 saturated carbocycles. The molecule has 3 aromatic carbocycles. The normalized spacial score (nSPS) is 11.1. The number of sulfonamides is 1. The fraction of sp³-hybridized carbons (Fsp3) is 0.0833. The van der Waals surface area contributed by atoms with E-state index in [9.17, 15) is 13.2 Å². The number of methoxy groups -OCH3 is 1. The first-order valence-corrected chi connectivity index (χ1v) is 12.4. The van der Waals surface area contributed by atoms with Crippen molar-refractivity contribution in [1.29, 1.82) is 0 Å². The van der Waals surface area contributed by atoms with E-state index in [4.69, 9.17) is 4.74 Å². The lowest BCUT2D eigenvalue weighted by Gasteiger charge is -2.10. The number of hydrogen-bond acceptors (Lipinski definition) is 6. The summed E-state index contributed by atoms with van der Waals surface area (Å²) in [5.74, 6) is 0.237. The van der Waals surface area contributed by atoms with Gasteiger partial charge in [0.1, 0.15) is 10.8 Å². The molecule has 0 radical (unpaired) electrons. The Morgan fingerprint density at radius 1 is 1.00 bits per heavy atom. The molecule has 1 heterocycles. The molecule has 0 aliphatic rings. The minimum absolute atomic E-state index is 0.00780. The summed E-state index contributed by atoms with van der Waals surface area (Å²) in [7, 11) is -2.33. The van der Waals surface area contributed by atoms with E-state index < -0.39 is 10.0 Å². The lowest BCUT2D eigenvalue weighted by molar-refractivity contribution is 0.0950. The van der Waals surface area contributed by atoms with Gasteiger partial charge in [0, 0.05) is 22.2 Å². The van der Waals surface area contributed by atoms with E-state index in [2.05, 4.69) is 15.0 Å². The molecule has 0 aliphatic heterocycles. The molecule has 0 unspecified atom stereocenters. The minimum Gasteiger partial charge on any atom is -0.497 e. The third-order valence-electron chi connectivity index (χ3n) is 4.77. The Balaban J connectivity index is 1.42. The molecule has 4 rings (SSSR count). The molecular weight excluding hydrogens is 458 g/mol. The monoisotopic (exact) mass is 479 g/mol. The highest BCUT2D eigenvalue weighted by Crippen LogP contribution is 2.22. The highest BCUT2D eigenvalue weighted by Gasteiger charge is 2.17. The Kier molecular flexibility index (Phi) is 6.71. The number of nitrogens with one attached hydrogen (secondary N) is 2. The van der Waals surface area contributed by atoms with Crippen LogP contribution in [0, 0.1) is 0 Å². The Morgan fingerprint density at radius 3 is 2.48 bits per heavy atom. The average Bonchev–Trinajstić information content (AvgIpc) is 3.32. The number of amides is 1. The number of anilines is 1. The third kappa shape index (κ3) is 5.57. The SMILES string of the molecule is COc1ccc(NS(=O)(=O)c2cccc(C(=O)NCc3nc(-c4ccccc4)cs3)c2)cc1. The second kappa shape index (κ2) is 9.85. The molecule has 1 aromatic heterocycles. The van der Waals surface area contributed by atoms with E-state index >= 15 is 0 Å². The molecule has 0 bridgehead atoms. The zero-order valence-corrected chi connectivity index (χ0v) is 19.3. The van der Waals surface area contributed by atoms with Crippen molar-refractivity contribution in [2.24, 2.45) is 0 Å².